The lowest BCUT2D eigenvalue weighted by Gasteiger charge is -2.01. The van der Waals surface area contributed by atoms with E-state index in [1.165, 1.54) is 0 Å². The third kappa shape index (κ3) is 2.28. The van der Waals surface area contributed by atoms with Crippen molar-refractivity contribution in [1.29, 1.82) is 5.26 Å². The summed E-state index contributed by atoms with van der Waals surface area (Å²) in [6, 6.07) is 9.42. The molecular weight excluding hydrogens is 192 g/mol. The van der Waals surface area contributed by atoms with Crippen molar-refractivity contribution in [3.63, 3.8) is 0 Å². The van der Waals surface area contributed by atoms with Gasteiger partial charge in [0.15, 0.2) is 0 Å². The summed E-state index contributed by atoms with van der Waals surface area (Å²) < 4.78 is 0. The highest BCUT2D eigenvalue weighted by atomic mass is 15.5. The van der Waals surface area contributed by atoms with Gasteiger partial charge in [0.1, 0.15) is 0 Å². The van der Waals surface area contributed by atoms with Crippen LogP contribution in [0.15, 0.2) is 24.3 Å². The fourth-order valence-electron chi connectivity index (χ4n) is 1.17. The molecule has 15 heavy (non-hydrogen) atoms. The Bertz CT molecular complexity index is 470. The summed E-state index contributed by atoms with van der Waals surface area (Å²) in [5.41, 5.74) is 1.64. The van der Waals surface area contributed by atoms with E-state index in [4.69, 9.17) is 5.26 Å². The first-order chi connectivity index (χ1) is 7.38. The zero-order chi connectivity index (χ0) is 10.5. The zero-order valence-corrected chi connectivity index (χ0v) is 7.81. The van der Waals surface area contributed by atoms with Gasteiger partial charge in [0.05, 0.1) is 11.6 Å². The Labute approximate surface area is 85.9 Å². The molecule has 0 unspecified atom stereocenters. The van der Waals surface area contributed by atoms with Crippen LogP contribution in [0.4, 0.5) is 5.95 Å². The topological polar surface area (TPSA) is 90.3 Å². The van der Waals surface area contributed by atoms with E-state index in [0.29, 0.717) is 18.1 Å². The average Bonchev–Trinajstić information content (AvgIpc) is 2.79. The van der Waals surface area contributed by atoms with Crippen molar-refractivity contribution in [2.75, 3.05) is 5.32 Å². The standard InChI is InChI=1S/C9H8N6/c10-5-7-2-1-3-8(4-7)6-11-9-12-14-15-13-9/h1-4H,6H2,(H2,11,12,13,14,15). The molecule has 1 aromatic heterocycles. The van der Waals surface area contributed by atoms with Gasteiger partial charge in [-0.2, -0.15) is 10.5 Å². The number of anilines is 1. The van der Waals surface area contributed by atoms with Crippen LogP contribution in [0.2, 0.25) is 0 Å². The predicted octanol–water partition coefficient (Wildman–Crippen LogP) is 0.683. The first kappa shape index (κ1) is 9.15. The second kappa shape index (κ2) is 4.19. The van der Waals surface area contributed by atoms with Gasteiger partial charge in [0.2, 0.25) is 0 Å². The Morgan fingerprint density at radius 1 is 1.47 bits per heavy atom. The van der Waals surface area contributed by atoms with Crippen molar-refractivity contribution < 1.29 is 0 Å². The van der Waals surface area contributed by atoms with Gasteiger partial charge in [-0.15, -0.1) is 5.10 Å². The van der Waals surface area contributed by atoms with Crippen LogP contribution in [0, 0.1) is 11.3 Å². The monoisotopic (exact) mass is 200 g/mol. The molecule has 2 rings (SSSR count). The summed E-state index contributed by atoms with van der Waals surface area (Å²) in [5.74, 6) is 0.442. The fraction of sp³-hybridized carbons (Fsp3) is 0.111. The smallest absolute Gasteiger partial charge is 0.263 e. The Hall–Kier alpha value is -2.42. The minimum atomic E-state index is 0.442. The molecule has 0 amide bonds. The fourth-order valence-corrected chi connectivity index (χ4v) is 1.17. The highest BCUT2D eigenvalue weighted by Gasteiger charge is 1.98. The van der Waals surface area contributed by atoms with Crippen LogP contribution in [-0.2, 0) is 6.54 Å². The lowest BCUT2D eigenvalue weighted by atomic mass is 10.1. The minimum Gasteiger partial charge on any atom is -0.348 e. The molecule has 1 heterocycles. The summed E-state index contributed by atoms with van der Waals surface area (Å²) in [6.07, 6.45) is 0. The van der Waals surface area contributed by atoms with Crippen LogP contribution < -0.4 is 5.32 Å². The summed E-state index contributed by atoms with van der Waals surface area (Å²) in [5, 5.41) is 24.9. The van der Waals surface area contributed by atoms with E-state index < -0.39 is 0 Å². The molecule has 1 aromatic carbocycles. The van der Waals surface area contributed by atoms with E-state index in [2.05, 4.69) is 32.0 Å². The number of H-pyrrole nitrogens is 1. The van der Waals surface area contributed by atoms with E-state index in [1.54, 1.807) is 6.07 Å². The molecule has 0 aliphatic heterocycles. The van der Waals surface area contributed by atoms with Crippen molar-refractivity contribution in [2.45, 2.75) is 6.54 Å². The number of nitrogens with one attached hydrogen (secondary N) is 2. The number of hydrogen-bond acceptors (Lipinski definition) is 5. The Balaban J connectivity index is 2.02. The average molecular weight is 200 g/mol. The molecule has 0 atom stereocenters. The van der Waals surface area contributed by atoms with E-state index >= 15 is 0 Å². The van der Waals surface area contributed by atoms with E-state index in [9.17, 15) is 0 Å². The van der Waals surface area contributed by atoms with Crippen molar-refractivity contribution in [3.8, 4) is 6.07 Å². The maximum absolute atomic E-state index is 8.70. The highest BCUT2D eigenvalue weighted by Crippen LogP contribution is 2.05. The van der Waals surface area contributed by atoms with Gasteiger partial charge in [0, 0.05) is 6.54 Å². The lowest BCUT2D eigenvalue weighted by molar-refractivity contribution is 0.881. The molecular formula is C9H8N6. The Morgan fingerprint density at radius 3 is 3.13 bits per heavy atom. The van der Waals surface area contributed by atoms with Crippen molar-refractivity contribution >= 4 is 5.95 Å². The first-order valence-electron chi connectivity index (χ1n) is 4.35. The van der Waals surface area contributed by atoms with Crippen molar-refractivity contribution in [1.82, 2.24) is 20.6 Å². The third-order valence-corrected chi connectivity index (χ3v) is 1.85. The number of nitrogens with zero attached hydrogens (tertiary/aromatic N) is 4. The number of aromatic nitrogens is 4. The van der Waals surface area contributed by atoms with Crippen LogP contribution in [0.3, 0.4) is 0 Å². The van der Waals surface area contributed by atoms with E-state index in [0.717, 1.165) is 5.56 Å². The van der Waals surface area contributed by atoms with Crippen LogP contribution in [-0.4, -0.2) is 20.6 Å². The molecule has 2 aromatic rings. The van der Waals surface area contributed by atoms with Gasteiger partial charge in [0.25, 0.3) is 5.95 Å². The van der Waals surface area contributed by atoms with E-state index in [1.807, 2.05) is 18.2 Å². The second-order valence-electron chi connectivity index (χ2n) is 2.90. The molecule has 2 N–H and O–H groups in total. The highest BCUT2D eigenvalue weighted by molar-refractivity contribution is 5.34. The molecule has 0 aliphatic rings. The Kier molecular flexibility index (Phi) is 2.56. The van der Waals surface area contributed by atoms with Crippen molar-refractivity contribution in [3.05, 3.63) is 35.4 Å². The molecule has 0 saturated carbocycles. The molecule has 0 saturated heterocycles. The summed E-state index contributed by atoms with van der Waals surface area (Å²) in [7, 11) is 0. The Morgan fingerprint density at radius 2 is 2.40 bits per heavy atom. The number of hydrogen-bond donors (Lipinski definition) is 2. The lowest BCUT2D eigenvalue weighted by Crippen LogP contribution is -2.01. The molecule has 6 nitrogen and oxygen atoms in total. The maximum Gasteiger partial charge on any atom is 0.263 e. The maximum atomic E-state index is 8.70. The number of rotatable bonds is 3. The number of benzene rings is 1. The minimum absolute atomic E-state index is 0.442. The predicted molar refractivity (Wildman–Crippen MR) is 52.7 cm³/mol. The molecule has 0 aliphatic carbocycles. The van der Waals surface area contributed by atoms with Gasteiger partial charge in [-0.05, 0) is 22.9 Å². The largest absolute Gasteiger partial charge is 0.348 e. The molecule has 0 spiro atoms. The number of nitriles is 1. The first-order valence-corrected chi connectivity index (χ1v) is 4.35. The van der Waals surface area contributed by atoms with Gasteiger partial charge < -0.3 is 5.32 Å². The third-order valence-electron chi connectivity index (χ3n) is 1.85. The van der Waals surface area contributed by atoms with E-state index in [-0.39, 0.29) is 0 Å². The summed E-state index contributed by atoms with van der Waals surface area (Å²) >= 11 is 0. The van der Waals surface area contributed by atoms with Crippen LogP contribution in [0.1, 0.15) is 11.1 Å². The number of aromatic amines is 1. The molecule has 74 valence electrons. The van der Waals surface area contributed by atoms with Gasteiger partial charge in [-0.3, -0.25) is 0 Å². The van der Waals surface area contributed by atoms with Crippen molar-refractivity contribution in [2.24, 2.45) is 0 Å². The van der Waals surface area contributed by atoms with Gasteiger partial charge >= 0.3 is 0 Å². The quantitative estimate of drug-likeness (QED) is 0.760. The molecule has 0 radical (unpaired) electrons. The molecule has 0 fully saturated rings. The van der Waals surface area contributed by atoms with Gasteiger partial charge in [-0.1, -0.05) is 17.2 Å². The zero-order valence-electron chi connectivity index (χ0n) is 7.81. The summed E-state index contributed by atoms with van der Waals surface area (Å²) in [4.78, 5) is 0. The number of tetrazole rings is 1. The van der Waals surface area contributed by atoms with Crippen LogP contribution in [0.5, 0.6) is 0 Å². The SMILES string of the molecule is N#Cc1cccc(CNc2nn[nH]n2)c1. The molecule has 6 heteroatoms. The van der Waals surface area contributed by atoms with Crippen LogP contribution in [0.25, 0.3) is 0 Å². The second-order valence-corrected chi connectivity index (χ2v) is 2.90. The van der Waals surface area contributed by atoms with Gasteiger partial charge in [-0.25, -0.2) is 0 Å². The normalized spacial score (nSPS) is 9.53. The molecule has 0 bridgehead atoms. The summed E-state index contributed by atoms with van der Waals surface area (Å²) in [6.45, 7) is 0.565. The van der Waals surface area contributed by atoms with Crippen LogP contribution >= 0.6 is 0 Å².